The van der Waals surface area contributed by atoms with Gasteiger partial charge in [0.2, 0.25) is 10.0 Å². The number of rotatable bonds is 8. The summed E-state index contributed by atoms with van der Waals surface area (Å²) in [5.74, 6) is 0.242. The van der Waals surface area contributed by atoms with Gasteiger partial charge in [0.15, 0.2) is 0 Å². The molecule has 0 aliphatic heterocycles. The fraction of sp³-hybridized carbons (Fsp3) is 0.450. The van der Waals surface area contributed by atoms with E-state index in [1.807, 2.05) is 31.4 Å². The third-order valence-corrected chi connectivity index (χ3v) is 7.45. The molecule has 2 aromatic rings. The van der Waals surface area contributed by atoms with Crippen LogP contribution in [0.2, 0.25) is 0 Å². The monoisotopic (exact) mass is 408 g/mol. The summed E-state index contributed by atoms with van der Waals surface area (Å²) in [6, 6.07) is 9.93. The molecule has 1 N–H and O–H groups in total. The van der Waals surface area contributed by atoms with Crippen molar-refractivity contribution < 1.29 is 13.2 Å². The second-order valence-corrected chi connectivity index (χ2v) is 10.3. The van der Waals surface area contributed by atoms with Crippen molar-refractivity contribution in [1.29, 1.82) is 0 Å². The molecule has 0 fully saturated rings. The Morgan fingerprint density at radius 2 is 1.74 bits per heavy atom. The van der Waals surface area contributed by atoms with Crippen molar-refractivity contribution in [2.45, 2.75) is 51.1 Å². The lowest BCUT2D eigenvalue weighted by Gasteiger charge is -2.21. The number of sulfonamides is 1. The van der Waals surface area contributed by atoms with Crippen LogP contribution in [0.25, 0.3) is 0 Å². The van der Waals surface area contributed by atoms with E-state index >= 15 is 0 Å². The Morgan fingerprint density at radius 3 is 2.22 bits per heavy atom. The first-order valence-corrected chi connectivity index (χ1v) is 11.4. The highest BCUT2D eigenvalue weighted by molar-refractivity contribution is 7.89. The Hall–Kier alpha value is -1.70. The molecule has 7 heteroatoms. The van der Waals surface area contributed by atoms with Gasteiger partial charge in [-0.1, -0.05) is 19.9 Å². The Kier molecular flexibility index (Phi) is 7.19. The minimum Gasteiger partial charge on any atom is -0.344 e. The highest BCUT2D eigenvalue weighted by Crippen LogP contribution is 2.26. The molecule has 1 aromatic carbocycles. The number of amides is 1. The van der Waals surface area contributed by atoms with Gasteiger partial charge in [0.1, 0.15) is 0 Å². The first-order chi connectivity index (χ1) is 12.6. The number of hydrogen-bond donors (Lipinski definition) is 1. The molecule has 0 spiro atoms. The Labute approximate surface area is 166 Å². The summed E-state index contributed by atoms with van der Waals surface area (Å²) in [6.45, 7) is 7.88. The molecule has 1 unspecified atom stereocenters. The fourth-order valence-electron chi connectivity index (χ4n) is 2.67. The van der Waals surface area contributed by atoms with Gasteiger partial charge in [0.25, 0.3) is 5.91 Å². The van der Waals surface area contributed by atoms with Gasteiger partial charge in [-0.05, 0) is 61.9 Å². The van der Waals surface area contributed by atoms with Crippen molar-refractivity contribution in [3.05, 3.63) is 52.2 Å². The molecule has 0 aliphatic carbocycles. The van der Waals surface area contributed by atoms with Crippen LogP contribution in [0.1, 0.15) is 55.4 Å². The van der Waals surface area contributed by atoms with Crippen LogP contribution in [-0.4, -0.2) is 31.7 Å². The van der Waals surface area contributed by atoms with Gasteiger partial charge >= 0.3 is 0 Å². The summed E-state index contributed by atoms with van der Waals surface area (Å²) in [6.07, 6.45) is 0.845. The summed E-state index contributed by atoms with van der Waals surface area (Å²) in [7, 11) is -2.00. The summed E-state index contributed by atoms with van der Waals surface area (Å²) in [5.41, 5.74) is 0.450. The fourth-order valence-corrected chi connectivity index (χ4v) is 4.83. The first-order valence-electron chi connectivity index (χ1n) is 9.05. The topological polar surface area (TPSA) is 66.5 Å². The molecule has 5 nitrogen and oxygen atoms in total. The molecule has 1 heterocycles. The Balaban J connectivity index is 2.17. The average Bonchev–Trinajstić information content (AvgIpc) is 3.14. The van der Waals surface area contributed by atoms with Crippen LogP contribution < -0.4 is 5.32 Å². The highest BCUT2D eigenvalue weighted by atomic mass is 32.2. The number of benzene rings is 1. The first kappa shape index (κ1) is 21.6. The van der Waals surface area contributed by atoms with Crippen LogP contribution in [0.5, 0.6) is 0 Å². The molecule has 27 heavy (non-hydrogen) atoms. The van der Waals surface area contributed by atoms with Crippen LogP contribution in [-0.2, 0) is 10.0 Å². The van der Waals surface area contributed by atoms with Gasteiger partial charge in [-0.2, -0.15) is 4.31 Å². The molecular formula is C20H28N2O3S2. The van der Waals surface area contributed by atoms with Gasteiger partial charge in [-0.25, -0.2) is 8.42 Å². The van der Waals surface area contributed by atoms with E-state index in [-0.39, 0.29) is 22.9 Å². The van der Waals surface area contributed by atoms with E-state index in [1.54, 1.807) is 30.5 Å². The molecule has 148 valence electrons. The van der Waals surface area contributed by atoms with Crippen LogP contribution in [0.4, 0.5) is 0 Å². The van der Waals surface area contributed by atoms with Gasteiger partial charge in [0, 0.05) is 23.5 Å². The predicted molar refractivity (Wildman–Crippen MR) is 111 cm³/mol. The van der Waals surface area contributed by atoms with E-state index < -0.39 is 10.0 Å². The van der Waals surface area contributed by atoms with Crippen LogP contribution >= 0.6 is 11.3 Å². The van der Waals surface area contributed by atoms with E-state index in [0.717, 1.165) is 11.3 Å². The predicted octanol–water partition coefficient (Wildman–Crippen LogP) is 4.29. The third kappa shape index (κ3) is 5.40. The van der Waals surface area contributed by atoms with Crippen molar-refractivity contribution in [3.8, 4) is 0 Å². The maximum absolute atomic E-state index is 12.7. The van der Waals surface area contributed by atoms with Gasteiger partial charge in [0.05, 0.1) is 10.9 Å². The summed E-state index contributed by atoms with van der Waals surface area (Å²) >= 11 is 1.62. The molecular weight excluding hydrogens is 380 g/mol. The molecule has 1 aromatic heterocycles. The molecule has 0 bridgehead atoms. The van der Waals surface area contributed by atoms with E-state index in [0.29, 0.717) is 11.5 Å². The van der Waals surface area contributed by atoms with Gasteiger partial charge in [-0.15, -0.1) is 11.3 Å². The number of carbonyl (C=O) groups excluding carboxylic acids is 1. The standard InChI is InChI=1S/C20H28N2O3S2/c1-14(2)13-18(19-7-6-12-26-19)21-20(23)16-8-10-17(11-9-16)27(24,25)22(5)15(3)4/h6-12,14-15,18H,13H2,1-5H3,(H,21,23). The maximum Gasteiger partial charge on any atom is 0.251 e. The molecule has 1 amide bonds. The average molecular weight is 409 g/mol. The highest BCUT2D eigenvalue weighted by Gasteiger charge is 2.24. The van der Waals surface area contributed by atoms with Crippen molar-refractivity contribution in [2.75, 3.05) is 7.05 Å². The molecule has 0 saturated carbocycles. The normalized spacial score (nSPS) is 13.3. The third-order valence-electron chi connectivity index (χ3n) is 4.42. The van der Waals surface area contributed by atoms with Crippen LogP contribution in [0, 0.1) is 5.92 Å². The number of nitrogens with one attached hydrogen (secondary N) is 1. The van der Waals surface area contributed by atoms with Gasteiger partial charge in [-0.3, -0.25) is 4.79 Å². The number of carbonyl (C=O) groups is 1. The quantitative estimate of drug-likeness (QED) is 0.708. The smallest absolute Gasteiger partial charge is 0.251 e. The van der Waals surface area contributed by atoms with Crippen molar-refractivity contribution in [2.24, 2.45) is 5.92 Å². The molecule has 0 aliphatic rings. The SMILES string of the molecule is CC(C)CC(NC(=O)c1ccc(S(=O)(=O)N(C)C(C)C)cc1)c1cccs1. The Bertz CT molecular complexity index is 842. The van der Waals surface area contributed by atoms with E-state index in [1.165, 1.54) is 16.4 Å². The molecule has 0 radical (unpaired) electrons. The van der Waals surface area contributed by atoms with Crippen molar-refractivity contribution >= 4 is 27.3 Å². The largest absolute Gasteiger partial charge is 0.344 e. The van der Waals surface area contributed by atoms with Gasteiger partial charge < -0.3 is 5.32 Å². The van der Waals surface area contributed by atoms with E-state index in [4.69, 9.17) is 0 Å². The van der Waals surface area contributed by atoms with Crippen molar-refractivity contribution in [3.63, 3.8) is 0 Å². The van der Waals surface area contributed by atoms with Crippen LogP contribution in [0.3, 0.4) is 0 Å². The van der Waals surface area contributed by atoms with Crippen molar-refractivity contribution in [1.82, 2.24) is 9.62 Å². The summed E-state index contributed by atoms with van der Waals surface area (Å²) < 4.78 is 26.4. The molecule has 1 atom stereocenters. The van der Waals surface area contributed by atoms with E-state index in [9.17, 15) is 13.2 Å². The lowest BCUT2D eigenvalue weighted by molar-refractivity contribution is 0.0932. The minimum atomic E-state index is -3.55. The van der Waals surface area contributed by atoms with E-state index in [2.05, 4.69) is 19.2 Å². The second-order valence-electron chi connectivity index (χ2n) is 7.31. The zero-order valence-corrected chi connectivity index (χ0v) is 18.1. The molecule has 2 rings (SSSR count). The number of thiophene rings is 1. The minimum absolute atomic E-state index is 0.0482. The Morgan fingerprint density at radius 1 is 1.11 bits per heavy atom. The zero-order chi connectivity index (χ0) is 20.2. The zero-order valence-electron chi connectivity index (χ0n) is 16.5. The maximum atomic E-state index is 12.7. The lowest BCUT2D eigenvalue weighted by Crippen LogP contribution is -2.33. The second kappa shape index (κ2) is 8.99. The lowest BCUT2D eigenvalue weighted by atomic mass is 10.0. The summed E-state index contributed by atoms with van der Waals surface area (Å²) in [5, 5.41) is 5.08. The number of nitrogens with zero attached hydrogens (tertiary/aromatic N) is 1. The summed E-state index contributed by atoms with van der Waals surface area (Å²) in [4.78, 5) is 14.0. The number of hydrogen-bond acceptors (Lipinski definition) is 4. The van der Waals surface area contributed by atoms with Crippen LogP contribution in [0.15, 0.2) is 46.7 Å². The molecule has 0 saturated heterocycles.